The van der Waals surface area contributed by atoms with Crippen molar-refractivity contribution in [3.05, 3.63) is 35.9 Å². The van der Waals surface area contributed by atoms with Crippen LogP contribution in [0.1, 0.15) is 18.1 Å². The molecule has 1 rings (SSSR count). The summed E-state index contributed by atoms with van der Waals surface area (Å²) in [5, 5.41) is 0. The van der Waals surface area contributed by atoms with E-state index in [2.05, 4.69) is 0 Å². The molecule has 0 aromatic heterocycles. The molecule has 1 aromatic carbocycles. The average Bonchev–Trinajstić information content (AvgIpc) is 2.28. The smallest absolute Gasteiger partial charge is 0.312 e. The first-order chi connectivity index (χ1) is 6.64. The van der Waals surface area contributed by atoms with Gasteiger partial charge in [0.25, 0.3) is 0 Å². The maximum Gasteiger partial charge on any atom is 0.337 e. The van der Waals surface area contributed by atoms with Crippen molar-refractivity contribution in [2.45, 2.75) is 12.6 Å². The summed E-state index contributed by atoms with van der Waals surface area (Å²) in [6.07, 6.45) is 0. The van der Waals surface area contributed by atoms with Crippen molar-refractivity contribution in [3.8, 4) is 0 Å². The molecule has 0 saturated heterocycles. The van der Waals surface area contributed by atoms with E-state index in [1.54, 1.807) is 0 Å². The molecule has 4 heteroatoms. The van der Waals surface area contributed by atoms with Crippen molar-refractivity contribution in [1.29, 1.82) is 0 Å². The fourth-order valence-electron chi connectivity index (χ4n) is 1.30. The van der Waals surface area contributed by atoms with Gasteiger partial charge in [-0.05, 0) is 12.5 Å². The second-order valence-corrected chi connectivity index (χ2v) is 5.58. The van der Waals surface area contributed by atoms with E-state index in [4.69, 9.17) is 9.05 Å². The molecule has 3 nitrogen and oxygen atoms in total. The Balaban J connectivity index is 2.95. The molecular weight excluding hydrogens is 199 g/mol. The van der Waals surface area contributed by atoms with E-state index >= 15 is 0 Å². The predicted octanol–water partition coefficient (Wildman–Crippen LogP) is 3.23. The zero-order valence-electron chi connectivity index (χ0n) is 8.64. The molecule has 1 atom stereocenters. The molecule has 0 fully saturated rings. The zero-order chi connectivity index (χ0) is 10.6. The Morgan fingerprint density at radius 3 is 2.07 bits per heavy atom. The Kier molecular flexibility index (Phi) is 3.87. The van der Waals surface area contributed by atoms with Gasteiger partial charge in [-0.25, -0.2) is 0 Å². The molecule has 0 heterocycles. The molecule has 1 aromatic rings. The average molecular weight is 214 g/mol. The molecule has 0 aliphatic carbocycles. The van der Waals surface area contributed by atoms with Gasteiger partial charge < -0.3 is 9.05 Å². The highest BCUT2D eigenvalue weighted by Gasteiger charge is 2.30. The van der Waals surface area contributed by atoms with Crippen LogP contribution in [0.2, 0.25) is 0 Å². The van der Waals surface area contributed by atoms with Crippen LogP contribution in [0.5, 0.6) is 0 Å². The molecule has 0 amide bonds. The summed E-state index contributed by atoms with van der Waals surface area (Å²) in [5.41, 5.74) is 0.721. The van der Waals surface area contributed by atoms with Crippen LogP contribution < -0.4 is 0 Å². The maximum absolute atomic E-state index is 12.0. The third kappa shape index (κ3) is 2.24. The van der Waals surface area contributed by atoms with Crippen molar-refractivity contribution in [2.75, 3.05) is 14.2 Å². The zero-order valence-corrected chi connectivity index (χ0v) is 9.53. The van der Waals surface area contributed by atoms with Crippen LogP contribution in [0.3, 0.4) is 0 Å². The van der Waals surface area contributed by atoms with E-state index < -0.39 is 7.60 Å². The van der Waals surface area contributed by atoms with Crippen LogP contribution in [0.25, 0.3) is 0 Å². The Morgan fingerprint density at radius 1 is 1.14 bits per heavy atom. The summed E-state index contributed by atoms with van der Waals surface area (Å²) in [6.45, 7) is 1.84. The molecular formula is C10H15O3P. The van der Waals surface area contributed by atoms with Gasteiger partial charge in [0.05, 0.1) is 5.66 Å². The third-order valence-corrected chi connectivity index (χ3v) is 4.53. The van der Waals surface area contributed by atoms with Gasteiger partial charge in [-0.2, -0.15) is 0 Å². The van der Waals surface area contributed by atoms with Gasteiger partial charge in [-0.15, -0.1) is 0 Å². The summed E-state index contributed by atoms with van der Waals surface area (Å²) < 4.78 is 21.9. The second-order valence-electron chi connectivity index (χ2n) is 2.99. The molecule has 0 spiro atoms. The van der Waals surface area contributed by atoms with Gasteiger partial charge >= 0.3 is 7.60 Å². The quantitative estimate of drug-likeness (QED) is 0.722. The summed E-state index contributed by atoms with van der Waals surface area (Å²) in [5.74, 6) is 0. The summed E-state index contributed by atoms with van der Waals surface area (Å²) in [6, 6.07) is 9.55. The number of hydrogen-bond acceptors (Lipinski definition) is 3. The van der Waals surface area contributed by atoms with E-state index in [-0.39, 0.29) is 5.66 Å². The van der Waals surface area contributed by atoms with Crippen LogP contribution in [0, 0.1) is 0 Å². The van der Waals surface area contributed by atoms with Crippen LogP contribution in [0.15, 0.2) is 30.3 Å². The molecule has 0 aliphatic heterocycles. The molecule has 0 radical (unpaired) electrons. The molecule has 0 aliphatic rings. The lowest BCUT2D eigenvalue weighted by atomic mass is 10.2. The highest BCUT2D eigenvalue weighted by Crippen LogP contribution is 2.59. The molecule has 0 unspecified atom stereocenters. The largest absolute Gasteiger partial charge is 0.337 e. The van der Waals surface area contributed by atoms with Gasteiger partial charge in [0, 0.05) is 14.2 Å². The minimum Gasteiger partial charge on any atom is -0.312 e. The van der Waals surface area contributed by atoms with Crippen molar-refractivity contribution < 1.29 is 13.6 Å². The lowest BCUT2D eigenvalue weighted by molar-refractivity contribution is 0.267. The van der Waals surface area contributed by atoms with Crippen molar-refractivity contribution in [1.82, 2.24) is 0 Å². The molecule has 0 bridgehead atoms. The van der Waals surface area contributed by atoms with Crippen LogP contribution in [0.4, 0.5) is 0 Å². The van der Waals surface area contributed by atoms with Crippen molar-refractivity contribution >= 4 is 7.60 Å². The van der Waals surface area contributed by atoms with E-state index in [9.17, 15) is 4.57 Å². The minimum atomic E-state index is -2.99. The molecule has 14 heavy (non-hydrogen) atoms. The van der Waals surface area contributed by atoms with Gasteiger partial charge in [0.1, 0.15) is 0 Å². The predicted molar refractivity (Wildman–Crippen MR) is 56.5 cm³/mol. The third-order valence-electron chi connectivity index (χ3n) is 2.27. The van der Waals surface area contributed by atoms with E-state index in [0.29, 0.717) is 0 Å². The lowest BCUT2D eigenvalue weighted by Gasteiger charge is -2.20. The van der Waals surface area contributed by atoms with Gasteiger partial charge in [0.2, 0.25) is 0 Å². The molecule has 78 valence electrons. The first-order valence-corrected chi connectivity index (χ1v) is 6.01. The highest BCUT2D eigenvalue weighted by molar-refractivity contribution is 7.54. The van der Waals surface area contributed by atoms with Crippen molar-refractivity contribution in [3.63, 3.8) is 0 Å². The molecule has 0 N–H and O–H groups in total. The normalized spacial score (nSPS) is 13.9. The van der Waals surface area contributed by atoms with E-state index in [1.807, 2.05) is 37.3 Å². The first-order valence-electron chi connectivity index (χ1n) is 4.40. The van der Waals surface area contributed by atoms with Crippen molar-refractivity contribution in [2.24, 2.45) is 0 Å². The SMILES string of the molecule is COP(=O)(OC)[C@@H](C)c1ccccc1. The Hall–Kier alpha value is -0.630. The second kappa shape index (κ2) is 4.74. The number of benzene rings is 1. The minimum absolute atomic E-state index is 0.237. The standard InChI is InChI=1S/C10H15O3P/c1-9(14(11,12-2)13-3)10-7-5-4-6-8-10/h4-9H,1-3H3/t9-/m0/s1. The van der Waals surface area contributed by atoms with E-state index in [1.165, 1.54) is 14.2 Å². The fourth-order valence-corrected chi connectivity index (χ4v) is 2.62. The number of rotatable bonds is 4. The maximum atomic E-state index is 12.0. The summed E-state index contributed by atoms with van der Waals surface area (Å²) in [7, 11) is -0.181. The number of hydrogen-bond donors (Lipinski definition) is 0. The van der Waals surface area contributed by atoms with Crippen LogP contribution in [-0.2, 0) is 13.6 Å². The Morgan fingerprint density at radius 2 is 1.64 bits per heavy atom. The first kappa shape index (κ1) is 11.4. The molecule has 0 saturated carbocycles. The van der Waals surface area contributed by atoms with E-state index in [0.717, 1.165) is 5.56 Å². The summed E-state index contributed by atoms with van der Waals surface area (Å²) >= 11 is 0. The van der Waals surface area contributed by atoms with Gasteiger partial charge in [-0.3, -0.25) is 4.57 Å². The Labute approximate surface area is 84.6 Å². The highest BCUT2D eigenvalue weighted by atomic mass is 31.2. The fraction of sp³-hybridized carbons (Fsp3) is 0.400. The summed E-state index contributed by atoms with van der Waals surface area (Å²) in [4.78, 5) is 0. The monoisotopic (exact) mass is 214 g/mol. The topological polar surface area (TPSA) is 35.5 Å². The van der Waals surface area contributed by atoms with Gasteiger partial charge in [0.15, 0.2) is 0 Å². The lowest BCUT2D eigenvalue weighted by Crippen LogP contribution is -1.99. The van der Waals surface area contributed by atoms with Crippen LogP contribution >= 0.6 is 7.60 Å². The van der Waals surface area contributed by atoms with Gasteiger partial charge in [-0.1, -0.05) is 30.3 Å². The van der Waals surface area contributed by atoms with Crippen LogP contribution in [-0.4, -0.2) is 14.2 Å². The Bertz CT molecular complexity index is 315.